The molecule has 0 radical (unpaired) electrons. The first-order valence-corrected chi connectivity index (χ1v) is 8.67. The number of carbonyl (C=O) groups is 2. The first-order chi connectivity index (χ1) is 11.6. The summed E-state index contributed by atoms with van der Waals surface area (Å²) in [7, 11) is 1.60. The van der Waals surface area contributed by atoms with Crippen LogP contribution < -0.4 is 10.1 Å². The Labute approximate surface area is 143 Å². The Balaban J connectivity index is 1.69. The van der Waals surface area contributed by atoms with Crippen molar-refractivity contribution < 1.29 is 19.1 Å². The van der Waals surface area contributed by atoms with Gasteiger partial charge in [0, 0.05) is 12.5 Å². The van der Waals surface area contributed by atoms with E-state index < -0.39 is 0 Å². The zero-order chi connectivity index (χ0) is 17.4. The van der Waals surface area contributed by atoms with Gasteiger partial charge in [0.15, 0.2) is 6.61 Å². The molecule has 1 amide bonds. The average Bonchev–Trinajstić information content (AvgIpc) is 2.60. The van der Waals surface area contributed by atoms with Crippen molar-refractivity contribution in [3.05, 3.63) is 29.8 Å². The van der Waals surface area contributed by atoms with Gasteiger partial charge in [-0.2, -0.15) is 0 Å². The van der Waals surface area contributed by atoms with E-state index in [1.807, 2.05) is 24.3 Å². The van der Waals surface area contributed by atoms with Crippen molar-refractivity contribution in [3.8, 4) is 5.75 Å². The standard InChI is InChI=1S/C19H27NO4/c1-14-7-3-5-9-16(14)20-18(21)13-24-19(22)12-11-15-8-4-6-10-17(15)23-2/h4,6,8,10,14,16H,3,5,7,9,11-13H2,1-2H3,(H,20,21)/t14-,16+/m1/s1. The van der Waals surface area contributed by atoms with Crippen LogP contribution in [0.3, 0.4) is 0 Å². The van der Waals surface area contributed by atoms with Crippen molar-refractivity contribution in [2.45, 2.75) is 51.5 Å². The molecule has 1 aliphatic rings. The lowest BCUT2D eigenvalue weighted by Crippen LogP contribution is -2.42. The number of aryl methyl sites for hydroxylation is 1. The maximum atomic E-state index is 11.9. The molecule has 1 N–H and O–H groups in total. The molecule has 5 heteroatoms. The fraction of sp³-hybridized carbons (Fsp3) is 0.579. The molecule has 0 aliphatic heterocycles. The van der Waals surface area contributed by atoms with Crippen LogP contribution in [0.2, 0.25) is 0 Å². The molecule has 1 aromatic rings. The average molecular weight is 333 g/mol. The molecular formula is C19H27NO4. The molecule has 0 spiro atoms. The van der Waals surface area contributed by atoms with Gasteiger partial charge in [-0.3, -0.25) is 9.59 Å². The van der Waals surface area contributed by atoms with Gasteiger partial charge in [0.25, 0.3) is 5.91 Å². The summed E-state index contributed by atoms with van der Waals surface area (Å²) in [6.45, 7) is 1.96. The third kappa shape index (κ3) is 5.55. The number of benzene rings is 1. The summed E-state index contributed by atoms with van der Waals surface area (Å²) in [4.78, 5) is 23.8. The summed E-state index contributed by atoms with van der Waals surface area (Å²) in [5.41, 5.74) is 0.956. The van der Waals surface area contributed by atoms with Gasteiger partial charge in [-0.05, 0) is 36.8 Å². The monoisotopic (exact) mass is 333 g/mol. The Morgan fingerprint density at radius 2 is 1.96 bits per heavy atom. The van der Waals surface area contributed by atoms with E-state index in [0.717, 1.165) is 30.6 Å². The quantitative estimate of drug-likeness (QED) is 0.779. The molecule has 1 saturated carbocycles. The second kappa shape index (κ2) is 9.30. The van der Waals surface area contributed by atoms with Crippen LogP contribution >= 0.6 is 0 Å². The van der Waals surface area contributed by atoms with E-state index in [1.54, 1.807) is 7.11 Å². The Hall–Kier alpha value is -2.04. The van der Waals surface area contributed by atoms with Crippen LogP contribution in [0.15, 0.2) is 24.3 Å². The Kier molecular flexibility index (Phi) is 7.09. The number of hydrogen-bond donors (Lipinski definition) is 1. The molecular weight excluding hydrogens is 306 g/mol. The highest BCUT2D eigenvalue weighted by Crippen LogP contribution is 2.23. The summed E-state index contributed by atoms with van der Waals surface area (Å²) in [5.74, 6) is 0.672. The predicted octanol–water partition coefficient (Wildman–Crippen LogP) is 2.87. The van der Waals surface area contributed by atoms with Crippen LogP contribution in [0.25, 0.3) is 0 Å². The fourth-order valence-corrected chi connectivity index (χ4v) is 3.14. The zero-order valence-corrected chi connectivity index (χ0v) is 14.5. The number of esters is 1. The lowest BCUT2D eigenvalue weighted by atomic mass is 9.86. The molecule has 1 aliphatic carbocycles. The minimum atomic E-state index is -0.368. The molecule has 0 aromatic heterocycles. The number of ether oxygens (including phenoxy) is 2. The third-order valence-corrected chi connectivity index (χ3v) is 4.61. The third-order valence-electron chi connectivity index (χ3n) is 4.61. The van der Waals surface area contributed by atoms with Gasteiger partial charge in [-0.25, -0.2) is 0 Å². The van der Waals surface area contributed by atoms with Crippen molar-refractivity contribution >= 4 is 11.9 Å². The van der Waals surface area contributed by atoms with E-state index in [4.69, 9.17) is 9.47 Å². The highest BCUT2D eigenvalue weighted by atomic mass is 16.5. The molecule has 2 rings (SSSR count). The van der Waals surface area contributed by atoms with Crippen LogP contribution in [0.5, 0.6) is 5.75 Å². The van der Waals surface area contributed by atoms with E-state index in [0.29, 0.717) is 12.3 Å². The molecule has 0 unspecified atom stereocenters. The molecule has 2 atom stereocenters. The van der Waals surface area contributed by atoms with Gasteiger partial charge >= 0.3 is 5.97 Å². The number of para-hydroxylation sites is 1. The Morgan fingerprint density at radius 1 is 1.21 bits per heavy atom. The second-order valence-corrected chi connectivity index (χ2v) is 6.41. The van der Waals surface area contributed by atoms with Gasteiger partial charge in [0.05, 0.1) is 7.11 Å². The summed E-state index contributed by atoms with van der Waals surface area (Å²) >= 11 is 0. The maximum Gasteiger partial charge on any atom is 0.306 e. The molecule has 132 valence electrons. The van der Waals surface area contributed by atoms with Crippen LogP contribution in [0, 0.1) is 5.92 Å². The summed E-state index contributed by atoms with van der Waals surface area (Å²) in [6.07, 6.45) is 5.29. The van der Waals surface area contributed by atoms with Gasteiger partial charge in [0.2, 0.25) is 0 Å². The number of amides is 1. The van der Waals surface area contributed by atoms with Gasteiger partial charge in [-0.15, -0.1) is 0 Å². The minimum absolute atomic E-state index is 0.200. The summed E-state index contributed by atoms with van der Waals surface area (Å²) in [6, 6.07) is 7.78. The Morgan fingerprint density at radius 3 is 2.71 bits per heavy atom. The summed E-state index contributed by atoms with van der Waals surface area (Å²) < 4.78 is 10.3. The SMILES string of the molecule is COc1ccccc1CCC(=O)OCC(=O)N[C@H]1CCCC[C@H]1C. The van der Waals surface area contributed by atoms with Crippen LogP contribution in [-0.4, -0.2) is 31.6 Å². The first kappa shape index (κ1) is 18.3. The van der Waals surface area contributed by atoms with Crippen LogP contribution in [-0.2, 0) is 20.7 Å². The number of hydrogen-bond acceptors (Lipinski definition) is 4. The molecule has 24 heavy (non-hydrogen) atoms. The van der Waals surface area contributed by atoms with Crippen molar-refractivity contribution in [2.75, 3.05) is 13.7 Å². The van der Waals surface area contributed by atoms with Crippen molar-refractivity contribution in [3.63, 3.8) is 0 Å². The van der Waals surface area contributed by atoms with Gasteiger partial charge < -0.3 is 14.8 Å². The lowest BCUT2D eigenvalue weighted by Gasteiger charge is -2.29. The highest BCUT2D eigenvalue weighted by Gasteiger charge is 2.23. The van der Waals surface area contributed by atoms with Crippen LogP contribution in [0.4, 0.5) is 0 Å². The molecule has 0 heterocycles. The fourth-order valence-electron chi connectivity index (χ4n) is 3.14. The van der Waals surface area contributed by atoms with E-state index in [-0.39, 0.29) is 30.9 Å². The van der Waals surface area contributed by atoms with E-state index in [2.05, 4.69) is 12.2 Å². The van der Waals surface area contributed by atoms with Crippen LogP contribution in [0.1, 0.15) is 44.6 Å². The topological polar surface area (TPSA) is 64.6 Å². The largest absolute Gasteiger partial charge is 0.496 e. The second-order valence-electron chi connectivity index (χ2n) is 6.41. The number of rotatable bonds is 7. The molecule has 0 saturated heterocycles. The van der Waals surface area contributed by atoms with Crippen molar-refractivity contribution in [1.82, 2.24) is 5.32 Å². The van der Waals surface area contributed by atoms with E-state index in [1.165, 1.54) is 6.42 Å². The molecule has 5 nitrogen and oxygen atoms in total. The minimum Gasteiger partial charge on any atom is -0.496 e. The van der Waals surface area contributed by atoms with Gasteiger partial charge in [-0.1, -0.05) is 38.0 Å². The van der Waals surface area contributed by atoms with E-state index in [9.17, 15) is 9.59 Å². The molecule has 0 bridgehead atoms. The lowest BCUT2D eigenvalue weighted by molar-refractivity contribution is -0.148. The predicted molar refractivity (Wildman–Crippen MR) is 91.8 cm³/mol. The van der Waals surface area contributed by atoms with Crippen molar-refractivity contribution in [2.24, 2.45) is 5.92 Å². The van der Waals surface area contributed by atoms with E-state index >= 15 is 0 Å². The Bertz CT molecular complexity index is 558. The normalized spacial score (nSPS) is 20.2. The van der Waals surface area contributed by atoms with Gasteiger partial charge in [0.1, 0.15) is 5.75 Å². The zero-order valence-electron chi connectivity index (χ0n) is 14.5. The molecule has 1 aromatic carbocycles. The highest BCUT2D eigenvalue weighted by molar-refractivity contribution is 5.80. The smallest absolute Gasteiger partial charge is 0.306 e. The number of methoxy groups -OCH3 is 1. The van der Waals surface area contributed by atoms with Crippen molar-refractivity contribution in [1.29, 1.82) is 0 Å². The number of carbonyl (C=O) groups excluding carboxylic acids is 2. The summed E-state index contributed by atoms with van der Waals surface area (Å²) in [5, 5.41) is 2.98. The maximum absolute atomic E-state index is 11.9. The number of nitrogens with one attached hydrogen (secondary N) is 1. The first-order valence-electron chi connectivity index (χ1n) is 8.67. The molecule has 1 fully saturated rings.